The lowest BCUT2D eigenvalue weighted by atomic mass is 10.1. The van der Waals surface area contributed by atoms with Gasteiger partial charge in [-0.05, 0) is 24.6 Å². The van der Waals surface area contributed by atoms with Crippen LogP contribution in [0.1, 0.15) is 12.0 Å². The second-order valence-electron chi connectivity index (χ2n) is 5.38. The second kappa shape index (κ2) is 7.08. The number of sulfonamides is 1. The maximum absolute atomic E-state index is 12.0. The van der Waals surface area contributed by atoms with Gasteiger partial charge in [-0.15, -0.1) is 0 Å². The van der Waals surface area contributed by atoms with Gasteiger partial charge in [0.1, 0.15) is 0 Å². The number of hydrogen-bond donors (Lipinski definition) is 3. The molecule has 1 aliphatic rings. The molecule has 1 fully saturated rings. The van der Waals surface area contributed by atoms with Gasteiger partial charge in [-0.25, -0.2) is 8.42 Å². The molecule has 1 saturated heterocycles. The van der Waals surface area contributed by atoms with E-state index in [0.717, 1.165) is 18.4 Å². The molecule has 1 unspecified atom stereocenters. The Labute approximate surface area is 130 Å². The zero-order chi connectivity index (χ0) is 16.2. The van der Waals surface area contributed by atoms with Gasteiger partial charge < -0.3 is 15.4 Å². The molecule has 1 aliphatic heterocycles. The van der Waals surface area contributed by atoms with Crippen LogP contribution in [-0.4, -0.2) is 46.4 Å². The molecule has 1 atom stereocenters. The van der Waals surface area contributed by atoms with Crippen LogP contribution in [0.4, 0.5) is 11.4 Å². The highest BCUT2D eigenvalue weighted by molar-refractivity contribution is 7.92. The minimum atomic E-state index is -3.36. The zero-order valence-electron chi connectivity index (χ0n) is 12.7. The highest BCUT2D eigenvalue weighted by Gasteiger charge is 2.17. The first-order chi connectivity index (χ1) is 10.3. The van der Waals surface area contributed by atoms with E-state index < -0.39 is 10.0 Å². The quantitative estimate of drug-likeness (QED) is 0.739. The van der Waals surface area contributed by atoms with E-state index in [4.69, 9.17) is 4.74 Å². The molecule has 3 N–H and O–H groups in total. The van der Waals surface area contributed by atoms with Gasteiger partial charge in [0.2, 0.25) is 15.9 Å². The van der Waals surface area contributed by atoms with E-state index >= 15 is 0 Å². The van der Waals surface area contributed by atoms with Gasteiger partial charge in [0.25, 0.3) is 0 Å². The standard InChI is InChI=1S/C14H21N3O4S/c1-10-3-4-11(7-13(10)17-22(2,19)20)16-14(18)8-12-9-21-6-5-15-12/h3-4,7,12,15,17H,5-6,8-9H2,1-2H3,(H,16,18). The topological polar surface area (TPSA) is 96.5 Å². The summed E-state index contributed by atoms with van der Waals surface area (Å²) in [5.41, 5.74) is 1.80. The fourth-order valence-electron chi connectivity index (χ4n) is 2.20. The molecule has 8 heteroatoms. The van der Waals surface area contributed by atoms with Crippen LogP contribution in [0.5, 0.6) is 0 Å². The average molecular weight is 327 g/mol. The van der Waals surface area contributed by atoms with Crippen LogP contribution in [0.15, 0.2) is 18.2 Å². The van der Waals surface area contributed by atoms with Crippen molar-refractivity contribution in [3.8, 4) is 0 Å². The summed E-state index contributed by atoms with van der Waals surface area (Å²) in [5, 5.41) is 5.98. The number of rotatable bonds is 5. The average Bonchev–Trinajstić information content (AvgIpc) is 2.42. The molecule has 1 aromatic rings. The number of ether oxygens (including phenoxy) is 1. The third-order valence-corrected chi connectivity index (χ3v) is 3.84. The summed E-state index contributed by atoms with van der Waals surface area (Å²) >= 11 is 0. The van der Waals surface area contributed by atoms with Crippen LogP contribution in [0.25, 0.3) is 0 Å². The number of carbonyl (C=O) groups excluding carboxylic acids is 1. The van der Waals surface area contributed by atoms with Crippen molar-refractivity contribution in [3.05, 3.63) is 23.8 Å². The van der Waals surface area contributed by atoms with Crippen LogP contribution in [0.2, 0.25) is 0 Å². The van der Waals surface area contributed by atoms with Crippen molar-refractivity contribution in [2.45, 2.75) is 19.4 Å². The van der Waals surface area contributed by atoms with E-state index in [1.54, 1.807) is 25.1 Å². The first-order valence-electron chi connectivity index (χ1n) is 7.03. The maximum atomic E-state index is 12.0. The molecular weight excluding hydrogens is 306 g/mol. The Morgan fingerprint density at radius 2 is 2.23 bits per heavy atom. The Morgan fingerprint density at radius 1 is 1.45 bits per heavy atom. The van der Waals surface area contributed by atoms with Crippen molar-refractivity contribution in [1.82, 2.24) is 5.32 Å². The van der Waals surface area contributed by atoms with Crippen molar-refractivity contribution in [2.75, 3.05) is 36.1 Å². The Bertz CT molecular complexity index is 639. The number of anilines is 2. The van der Waals surface area contributed by atoms with E-state index in [1.165, 1.54) is 0 Å². The van der Waals surface area contributed by atoms with E-state index in [2.05, 4.69) is 15.4 Å². The Kier molecular flexibility index (Phi) is 5.38. The summed E-state index contributed by atoms with van der Waals surface area (Å²) in [7, 11) is -3.36. The van der Waals surface area contributed by atoms with Crippen LogP contribution in [-0.2, 0) is 19.6 Å². The van der Waals surface area contributed by atoms with E-state index in [1.807, 2.05) is 0 Å². The molecule has 7 nitrogen and oxygen atoms in total. The summed E-state index contributed by atoms with van der Waals surface area (Å²) in [6, 6.07) is 5.11. The van der Waals surface area contributed by atoms with Crippen LogP contribution in [0.3, 0.4) is 0 Å². The van der Waals surface area contributed by atoms with Crippen molar-refractivity contribution in [2.24, 2.45) is 0 Å². The fraction of sp³-hybridized carbons (Fsp3) is 0.500. The number of aryl methyl sites for hydroxylation is 1. The van der Waals surface area contributed by atoms with Gasteiger partial charge in [0.15, 0.2) is 0 Å². The molecule has 0 aromatic heterocycles. The normalized spacial score (nSPS) is 18.7. The van der Waals surface area contributed by atoms with Crippen molar-refractivity contribution in [1.29, 1.82) is 0 Å². The molecule has 1 heterocycles. The molecule has 1 aromatic carbocycles. The first-order valence-corrected chi connectivity index (χ1v) is 8.92. The summed E-state index contributed by atoms with van der Waals surface area (Å²) < 4.78 is 30.4. The van der Waals surface area contributed by atoms with Gasteiger partial charge in [-0.1, -0.05) is 6.07 Å². The van der Waals surface area contributed by atoms with E-state index in [-0.39, 0.29) is 11.9 Å². The van der Waals surface area contributed by atoms with Crippen molar-refractivity contribution < 1.29 is 17.9 Å². The van der Waals surface area contributed by atoms with Gasteiger partial charge >= 0.3 is 0 Å². The number of amides is 1. The monoisotopic (exact) mass is 327 g/mol. The lowest BCUT2D eigenvalue weighted by Crippen LogP contribution is -2.43. The third-order valence-electron chi connectivity index (χ3n) is 3.25. The minimum Gasteiger partial charge on any atom is -0.378 e. The lowest BCUT2D eigenvalue weighted by molar-refractivity contribution is -0.117. The molecule has 0 spiro atoms. The van der Waals surface area contributed by atoms with Gasteiger partial charge in [0.05, 0.1) is 25.2 Å². The minimum absolute atomic E-state index is 0.00723. The highest BCUT2D eigenvalue weighted by Crippen LogP contribution is 2.21. The van der Waals surface area contributed by atoms with E-state index in [9.17, 15) is 13.2 Å². The second-order valence-corrected chi connectivity index (χ2v) is 7.13. The third kappa shape index (κ3) is 5.28. The number of carbonyl (C=O) groups is 1. The molecule has 0 radical (unpaired) electrons. The molecule has 0 bridgehead atoms. The highest BCUT2D eigenvalue weighted by atomic mass is 32.2. The molecular formula is C14H21N3O4S. The van der Waals surface area contributed by atoms with Crippen molar-refractivity contribution in [3.63, 3.8) is 0 Å². The van der Waals surface area contributed by atoms with Crippen LogP contribution in [0, 0.1) is 6.92 Å². The first kappa shape index (κ1) is 16.7. The number of morpholine rings is 1. The van der Waals surface area contributed by atoms with Gasteiger partial charge in [-0.2, -0.15) is 0 Å². The Morgan fingerprint density at radius 3 is 2.86 bits per heavy atom. The summed E-state index contributed by atoms with van der Waals surface area (Å²) in [6.07, 6.45) is 1.40. The Hall–Kier alpha value is -1.64. The van der Waals surface area contributed by atoms with Gasteiger partial charge in [0, 0.05) is 24.7 Å². The largest absolute Gasteiger partial charge is 0.378 e. The molecule has 2 rings (SSSR count). The molecule has 1 amide bonds. The maximum Gasteiger partial charge on any atom is 0.229 e. The summed E-state index contributed by atoms with van der Waals surface area (Å²) in [4.78, 5) is 12.0. The fourth-order valence-corrected chi connectivity index (χ4v) is 2.82. The van der Waals surface area contributed by atoms with Gasteiger partial charge in [-0.3, -0.25) is 9.52 Å². The Balaban J connectivity index is 1.99. The summed E-state index contributed by atoms with van der Waals surface area (Å²) in [6.45, 7) is 3.71. The SMILES string of the molecule is Cc1ccc(NC(=O)CC2COCCN2)cc1NS(C)(=O)=O. The number of benzene rings is 1. The van der Waals surface area contributed by atoms with Crippen molar-refractivity contribution >= 4 is 27.3 Å². The van der Waals surface area contributed by atoms with Crippen LogP contribution < -0.4 is 15.4 Å². The molecule has 22 heavy (non-hydrogen) atoms. The summed E-state index contributed by atoms with van der Waals surface area (Å²) in [5.74, 6) is -0.142. The van der Waals surface area contributed by atoms with E-state index in [0.29, 0.717) is 31.0 Å². The zero-order valence-corrected chi connectivity index (χ0v) is 13.5. The number of hydrogen-bond acceptors (Lipinski definition) is 5. The van der Waals surface area contributed by atoms with Crippen LogP contribution >= 0.6 is 0 Å². The predicted octanol–water partition coefficient (Wildman–Crippen LogP) is 0.684. The number of nitrogens with one attached hydrogen (secondary N) is 3. The smallest absolute Gasteiger partial charge is 0.229 e. The molecule has 0 saturated carbocycles. The molecule has 0 aliphatic carbocycles. The molecule has 122 valence electrons. The lowest BCUT2D eigenvalue weighted by Gasteiger charge is -2.23. The predicted molar refractivity (Wildman–Crippen MR) is 85.5 cm³/mol.